The van der Waals surface area contributed by atoms with Gasteiger partial charge in [0.2, 0.25) is 0 Å². The van der Waals surface area contributed by atoms with Gasteiger partial charge in [-0.05, 0) is 6.42 Å². The summed E-state index contributed by atoms with van der Waals surface area (Å²) < 4.78 is 68.3. The van der Waals surface area contributed by atoms with E-state index in [0.29, 0.717) is 6.42 Å². The van der Waals surface area contributed by atoms with Crippen LogP contribution in [0.5, 0.6) is 0 Å². The summed E-state index contributed by atoms with van der Waals surface area (Å²) in [5.41, 5.74) is 6.80. The number of nitrogens with zero attached hydrogens (tertiary/aromatic N) is 2. The lowest BCUT2D eigenvalue weighted by molar-refractivity contribution is -0.193. The number of hydrogen-bond donors (Lipinski definition) is 4. The third-order valence-electron chi connectivity index (χ3n) is 3.62. The number of H-pyrrole nitrogens is 1. The molecule has 2 rings (SSSR count). The number of imidazole rings is 1. The molecule has 0 bridgehead atoms. The molecule has 0 aromatic carbocycles. The number of carbonyl (C=O) groups is 3. The molecule has 1 fully saturated rings. The highest BCUT2D eigenvalue weighted by atomic mass is 19.4. The molecule has 0 saturated carbocycles. The average Bonchev–Trinajstić information content (AvgIpc) is 3.30. The zero-order valence-corrected chi connectivity index (χ0v) is 15.9. The molecule has 16 heteroatoms. The standard InChI is InChI=1S/C11H18N4O2.2C2HF3O2/c1-17-11(16)10(4-9-5-13-7-14-9)15-3-2-8(12)6-15;2*3-2(4,5)1(6)7/h5,7-8,10H,2-4,6,12H2,1H3,(H,13,14);2*(H,6,7)/t8-,10?;;/m0../s1. The molecule has 0 amide bonds. The van der Waals surface area contributed by atoms with Crippen molar-refractivity contribution in [2.75, 3.05) is 20.2 Å². The van der Waals surface area contributed by atoms with Gasteiger partial charge in [0.1, 0.15) is 6.04 Å². The SMILES string of the molecule is COC(=O)C(Cc1cnc[nH]1)N1CC[C@H](N)C1.O=C(O)C(F)(F)F.O=C(O)C(F)(F)F. The van der Waals surface area contributed by atoms with Crippen LogP contribution in [0.25, 0.3) is 0 Å². The van der Waals surface area contributed by atoms with E-state index in [4.69, 9.17) is 30.3 Å². The number of nitrogens with one attached hydrogen (secondary N) is 1. The fraction of sp³-hybridized carbons (Fsp3) is 0.600. The number of aliphatic carboxylic acids is 2. The molecule has 2 heterocycles. The summed E-state index contributed by atoms with van der Waals surface area (Å²) in [6, 6.07) is -0.113. The van der Waals surface area contributed by atoms with Gasteiger partial charge in [0, 0.05) is 37.4 Å². The number of alkyl halides is 6. The molecule has 0 radical (unpaired) electrons. The van der Waals surface area contributed by atoms with Crippen LogP contribution >= 0.6 is 0 Å². The largest absolute Gasteiger partial charge is 0.490 e. The number of carbonyl (C=O) groups excluding carboxylic acids is 1. The first-order chi connectivity index (χ1) is 14.1. The molecule has 1 aliphatic rings. The van der Waals surface area contributed by atoms with Crippen LogP contribution in [0.2, 0.25) is 0 Å². The molecule has 5 N–H and O–H groups in total. The summed E-state index contributed by atoms with van der Waals surface area (Å²) in [4.78, 5) is 38.6. The van der Waals surface area contributed by atoms with E-state index < -0.39 is 24.3 Å². The Morgan fingerprint density at radius 3 is 2.00 bits per heavy atom. The van der Waals surface area contributed by atoms with Gasteiger partial charge in [-0.25, -0.2) is 14.6 Å². The topological polar surface area (TPSA) is 159 Å². The lowest BCUT2D eigenvalue weighted by Crippen LogP contribution is -2.43. The minimum atomic E-state index is -5.08. The van der Waals surface area contributed by atoms with Gasteiger partial charge in [0.05, 0.1) is 13.4 Å². The third-order valence-corrected chi connectivity index (χ3v) is 3.62. The van der Waals surface area contributed by atoms with E-state index in [1.165, 1.54) is 7.11 Å². The van der Waals surface area contributed by atoms with Gasteiger partial charge in [-0.2, -0.15) is 26.3 Å². The summed E-state index contributed by atoms with van der Waals surface area (Å²) in [6.45, 7) is 1.59. The number of likely N-dealkylation sites (tertiary alicyclic amines) is 1. The van der Waals surface area contributed by atoms with Gasteiger partial charge in [-0.3, -0.25) is 9.69 Å². The van der Waals surface area contributed by atoms with E-state index in [0.717, 1.165) is 25.2 Å². The molecule has 1 aromatic rings. The summed E-state index contributed by atoms with van der Waals surface area (Å²) in [5, 5.41) is 14.2. The van der Waals surface area contributed by atoms with Crippen molar-refractivity contribution in [3.63, 3.8) is 0 Å². The average molecular weight is 466 g/mol. The van der Waals surface area contributed by atoms with Crippen LogP contribution < -0.4 is 5.73 Å². The molecule has 31 heavy (non-hydrogen) atoms. The van der Waals surface area contributed by atoms with E-state index in [1.54, 1.807) is 12.5 Å². The number of aromatic amines is 1. The summed E-state index contributed by atoms with van der Waals surface area (Å²) >= 11 is 0. The molecule has 1 unspecified atom stereocenters. The lowest BCUT2D eigenvalue weighted by Gasteiger charge is -2.24. The molecular weight excluding hydrogens is 446 g/mol. The first-order valence-electron chi connectivity index (χ1n) is 8.24. The minimum Gasteiger partial charge on any atom is -0.475 e. The monoisotopic (exact) mass is 466 g/mol. The van der Waals surface area contributed by atoms with Crippen molar-refractivity contribution in [1.82, 2.24) is 14.9 Å². The zero-order chi connectivity index (χ0) is 24.4. The van der Waals surface area contributed by atoms with Crippen molar-refractivity contribution in [3.8, 4) is 0 Å². The molecule has 10 nitrogen and oxygen atoms in total. The second-order valence-electron chi connectivity index (χ2n) is 5.97. The van der Waals surface area contributed by atoms with Crippen LogP contribution in [0.15, 0.2) is 12.5 Å². The quantitative estimate of drug-likeness (QED) is 0.372. The van der Waals surface area contributed by atoms with E-state index in [2.05, 4.69) is 14.9 Å². The Balaban J connectivity index is 0.000000536. The van der Waals surface area contributed by atoms with Gasteiger partial charge < -0.3 is 25.7 Å². The predicted octanol–water partition coefficient (Wildman–Crippen LogP) is 0.793. The molecule has 1 saturated heterocycles. The molecule has 1 aromatic heterocycles. The predicted molar refractivity (Wildman–Crippen MR) is 89.6 cm³/mol. The van der Waals surface area contributed by atoms with Crippen molar-refractivity contribution in [2.45, 2.75) is 37.3 Å². The number of carboxylic acid groups (broad SMARTS) is 2. The van der Waals surface area contributed by atoms with Gasteiger partial charge >= 0.3 is 30.3 Å². The zero-order valence-electron chi connectivity index (χ0n) is 15.9. The highest BCUT2D eigenvalue weighted by Crippen LogP contribution is 2.16. The number of methoxy groups -OCH3 is 1. The first-order valence-corrected chi connectivity index (χ1v) is 8.24. The maximum absolute atomic E-state index is 11.8. The summed E-state index contributed by atoms with van der Waals surface area (Å²) in [6.07, 6.45) is -5.32. The van der Waals surface area contributed by atoms with Crippen molar-refractivity contribution in [1.29, 1.82) is 0 Å². The highest BCUT2D eigenvalue weighted by molar-refractivity contribution is 5.76. The molecule has 0 spiro atoms. The number of aromatic nitrogens is 2. The highest BCUT2D eigenvalue weighted by Gasteiger charge is 2.39. The Morgan fingerprint density at radius 1 is 1.23 bits per heavy atom. The Bertz CT molecular complexity index is 686. The Hall–Kier alpha value is -2.88. The normalized spacial score (nSPS) is 17.5. The Labute approximate surface area is 171 Å². The van der Waals surface area contributed by atoms with Crippen LogP contribution in [0.3, 0.4) is 0 Å². The maximum atomic E-state index is 11.8. The minimum absolute atomic E-state index is 0.156. The van der Waals surface area contributed by atoms with Crippen molar-refractivity contribution in [2.24, 2.45) is 5.73 Å². The third kappa shape index (κ3) is 11.2. The van der Waals surface area contributed by atoms with Crippen molar-refractivity contribution >= 4 is 17.9 Å². The number of halogens is 6. The molecule has 1 aliphatic heterocycles. The lowest BCUT2D eigenvalue weighted by atomic mass is 10.1. The van der Waals surface area contributed by atoms with E-state index in [1.807, 2.05) is 0 Å². The number of ether oxygens (including phenoxy) is 1. The second kappa shape index (κ2) is 12.1. The van der Waals surface area contributed by atoms with E-state index in [-0.39, 0.29) is 18.1 Å². The number of hydrogen-bond acceptors (Lipinski definition) is 7. The fourth-order valence-corrected chi connectivity index (χ4v) is 2.20. The number of esters is 1. The fourth-order valence-electron chi connectivity index (χ4n) is 2.20. The van der Waals surface area contributed by atoms with Crippen LogP contribution in [0, 0.1) is 0 Å². The number of carboxylic acids is 2. The van der Waals surface area contributed by atoms with Gasteiger partial charge in [-0.1, -0.05) is 0 Å². The molecular formula is C15H20F6N4O6. The summed E-state index contributed by atoms with van der Waals surface area (Å²) in [5.74, 6) is -5.73. The van der Waals surface area contributed by atoms with Gasteiger partial charge in [0.15, 0.2) is 0 Å². The Kier molecular flexibility index (Phi) is 11.0. The second-order valence-corrected chi connectivity index (χ2v) is 5.97. The van der Waals surface area contributed by atoms with Crippen molar-refractivity contribution in [3.05, 3.63) is 18.2 Å². The molecule has 0 aliphatic carbocycles. The van der Waals surface area contributed by atoms with Gasteiger partial charge in [-0.15, -0.1) is 0 Å². The smallest absolute Gasteiger partial charge is 0.475 e. The molecule has 2 atom stereocenters. The maximum Gasteiger partial charge on any atom is 0.490 e. The van der Waals surface area contributed by atoms with Crippen LogP contribution in [-0.2, 0) is 25.5 Å². The van der Waals surface area contributed by atoms with E-state index >= 15 is 0 Å². The number of rotatable bonds is 4. The van der Waals surface area contributed by atoms with Crippen molar-refractivity contribution < 1.29 is 55.7 Å². The Morgan fingerprint density at radius 2 is 1.71 bits per heavy atom. The number of nitrogens with two attached hydrogens (primary N) is 1. The van der Waals surface area contributed by atoms with Crippen LogP contribution in [-0.4, -0.2) is 87.6 Å². The van der Waals surface area contributed by atoms with Crippen LogP contribution in [0.4, 0.5) is 26.3 Å². The first kappa shape index (κ1) is 28.1. The molecule has 178 valence electrons. The van der Waals surface area contributed by atoms with E-state index in [9.17, 15) is 31.1 Å². The summed E-state index contributed by atoms with van der Waals surface area (Å²) in [7, 11) is 1.41. The van der Waals surface area contributed by atoms with Gasteiger partial charge in [0.25, 0.3) is 0 Å². The van der Waals surface area contributed by atoms with Crippen LogP contribution in [0.1, 0.15) is 12.1 Å².